The summed E-state index contributed by atoms with van der Waals surface area (Å²) < 4.78 is 1.71. The summed E-state index contributed by atoms with van der Waals surface area (Å²) in [5.74, 6) is 0. The van der Waals surface area contributed by atoms with E-state index in [1.165, 1.54) is 0 Å². The fourth-order valence-corrected chi connectivity index (χ4v) is 1.88. The van der Waals surface area contributed by atoms with Crippen LogP contribution in [-0.4, -0.2) is 9.55 Å². The van der Waals surface area contributed by atoms with E-state index >= 15 is 0 Å². The Morgan fingerprint density at radius 2 is 2.40 bits per heavy atom. The number of aryl methyl sites for hydroxylation is 1. The molecule has 0 bridgehead atoms. The summed E-state index contributed by atoms with van der Waals surface area (Å²) in [7, 11) is 1.81. The molecular weight excluding hydrogens is 208 g/mol. The van der Waals surface area contributed by atoms with Crippen molar-refractivity contribution in [2.24, 2.45) is 12.0 Å². The molecule has 2 aromatic heterocycles. The molecule has 15 heavy (non-hydrogen) atoms. The molecule has 0 saturated carbocycles. The number of hydrogen-bond donors (Lipinski definition) is 0. The van der Waals surface area contributed by atoms with Crippen LogP contribution in [0.25, 0.3) is 10.6 Å². The highest BCUT2D eigenvalue weighted by Crippen LogP contribution is 2.20. The monoisotopic (exact) mass is 216 g/mol. The van der Waals surface area contributed by atoms with Crippen LogP contribution in [-0.2, 0) is 7.05 Å². The third-order valence-electron chi connectivity index (χ3n) is 1.92. The molecule has 2 aromatic rings. The van der Waals surface area contributed by atoms with E-state index in [9.17, 15) is 0 Å². The van der Waals surface area contributed by atoms with Gasteiger partial charge in [0.15, 0.2) is 0 Å². The predicted octanol–water partition coefficient (Wildman–Crippen LogP) is 1.53. The van der Waals surface area contributed by atoms with Gasteiger partial charge in [0.2, 0.25) is 11.8 Å². The van der Waals surface area contributed by atoms with Crippen LogP contribution in [0.2, 0.25) is 0 Å². The molecule has 0 radical (unpaired) electrons. The van der Waals surface area contributed by atoms with E-state index in [4.69, 9.17) is 5.26 Å². The zero-order valence-electron chi connectivity index (χ0n) is 8.08. The molecule has 0 saturated heterocycles. The molecule has 74 valence electrons. The Morgan fingerprint density at radius 1 is 1.53 bits per heavy atom. The summed E-state index contributed by atoms with van der Waals surface area (Å²) in [6.07, 6.45) is 3.59. The Hall–Kier alpha value is -1.93. The van der Waals surface area contributed by atoms with Crippen molar-refractivity contribution in [2.45, 2.75) is 0 Å². The van der Waals surface area contributed by atoms with E-state index in [0.29, 0.717) is 5.62 Å². The normalized spacial score (nSPS) is 11.3. The van der Waals surface area contributed by atoms with Gasteiger partial charge in [-0.3, -0.25) is 0 Å². The van der Waals surface area contributed by atoms with Gasteiger partial charge in [0.1, 0.15) is 0 Å². The van der Waals surface area contributed by atoms with Crippen molar-refractivity contribution in [1.29, 1.82) is 5.26 Å². The van der Waals surface area contributed by atoms with Gasteiger partial charge in [-0.1, -0.05) is 6.07 Å². The van der Waals surface area contributed by atoms with Crippen LogP contribution in [0.15, 0.2) is 34.8 Å². The molecule has 0 aliphatic rings. The molecule has 0 aliphatic heterocycles. The van der Waals surface area contributed by atoms with E-state index in [0.717, 1.165) is 10.6 Å². The lowest BCUT2D eigenvalue weighted by atomic mass is 10.3. The summed E-state index contributed by atoms with van der Waals surface area (Å²) >= 11 is 1.61. The molecule has 0 fully saturated rings. The van der Waals surface area contributed by atoms with Gasteiger partial charge in [0, 0.05) is 13.2 Å². The zero-order chi connectivity index (χ0) is 10.7. The van der Waals surface area contributed by atoms with Gasteiger partial charge in [-0.25, -0.2) is 4.98 Å². The van der Waals surface area contributed by atoms with Crippen LogP contribution in [0.4, 0.5) is 0 Å². The summed E-state index contributed by atoms with van der Waals surface area (Å²) in [6.45, 7) is 0. The van der Waals surface area contributed by atoms with E-state index in [1.807, 2.05) is 29.8 Å². The number of nitrogens with zero attached hydrogens (tertiary/aromatic N) is 4. The summed E-state index contributed by atoms with van der Waals surface area (Å²) in [5.41, 5.74) is 1.26. The van der Waals surface area contributed by atoms with Crippen LogP contribution in [0.3, 0.4) is 0 Å². The molecule has 0 aromatic carbocycles. The summed E-state index contributed by atoms with van der Waals surface area (Å²) in [4.78, 5) is 9.00. The number of hydrogen-bond acceptors (Lipinski definition) is 4. The first-order chi connectivity index (χ1) is 7.31. The van der Waals surface area contributed by atoms with E-state index < -0.39 is 0 Å². The molecule has 5 heteroatoms. The molecule has 0 atom stereocenters. The highest BCUT2D eigenvalue weighted by Gasteiger charge is 2.00. The predicted molar refractivity (Wildman–Crippen MR) is 57.7 cm³/mol. The number of thiophene rings is 1. The second-order valence-electron chi connectivity index (χ2n) is 2.91. The number of rotatable bonds is 1. The van der Waals surface area contributed by atoms with Crippen LogP contribution in [0.5, 0.6) is 0 Å². The minimum atomic E-state index is 0.420. The van der Waals surface area contributed by atoms with Gasteiger partial charge in [-0.2, -0.15) is 5.26 Å². The lowest BCUT2D eigenvalue weighted by Gasteiger charge is -1.99. The molecule has 2 heterocycles. The van der Waals surface area contributed by atoms with Gasteiger partial charge in [-0.15, -0.1) is 16.3 Å². The standard InChI is InChI=1S/C10H8N4S/c1-14-5-4-8(9-3-2-6-15-9)13-10(14)12-7-11/h2-6H,1H3. The smallest absolute Gasteiger partial charge is 0.240 e. The molecule has 0 spiro atoms. The zero-order valence-corrected chi connectivity index (χ0v) is 8.90. The van der Waals surface area contributed by atoms with Gasteiger partial charge in [0.05, 0.1) is 10.6 Å². The molecule has 0 unspecified atom stereocenters. The molecule has 0 aliphatic carbocycles. The Labute approximate surface area is 90.8 Å². The SMILES string of the molecule is Cn1ccc(-c2cccs2)nc1=NC#N. The fourth-order valence-electron chi connectivity index (χ4n) is 1.18. The largest absolute Gasteiger partial charge is 0.320 e. The molecule has 0 amide bonds. The van der Waals surface area contributed by atoms with Crippen LogP contribution < -0.4 is 5.62 Å². The topological polar surface area (TPSA) is 54.0 Å². The van der Waals surface area contributed by atoms with Gasteiger partial charge < -0.3 is 4.57 Å². The summed E-state index contributed by atoms with van der Waals surface area (Å²) in [6, 6.07) is 5.86. The Morgan fingerprint density at radius 3 is 3.07 bits per heavy atom. The van der Waals surface area contributed by atoms with Gasteiger partial charge >= 0.3 is 0 Å². The molecule has 4 nitrogen and oxygen atoms in total. The third kappa shape index (κ3) is 1.95. The Balaban J connectivity index is 2.59. The van der Waals surface area contributed by atoms with E-state index in [-0.39, 0.29) is 0 Å². The maximum Gasteiger partial charge on any atom is 0.240 e. The highest BCUT2D eigenvalue weighted by molar-refractivity contribution is 7.13. The van der Waals surface area contributed by atoms with Crippen LogP contribution >= 0.6 is 11.3 Å². The molecular formula is C10H8N4S. The first-order valence-corrected chi connectivity index (χ1v) is 5.19. The van der Waals surface area contributed by atoms with Crippen molar-refractivity contribution in [3.8, 4) is 16.8 Å². The Kier molecular flexibility index (Phi) is 2.61. The highest BCUT2D eigenvalue weighted by atomic mass is 32.1. The lowest BCUT2D eigenvalue weighted by molar-refractivity contribution is 0.786. The minimum Gasteiger partial charge on any atom is -0.320 e. The van der Waals surface area contributed by atoms with Crippen molar-refractivity contribution < 1.29 is 0 Å². The number of aromatic nitrogens is 2. The lowest BCUT2D eigenvalue weighted by Crippen LogP contribution is -2.20. The quantitative estimate of drug-likeness (QED) is 0.679. The Bertz CT molecular complexity index is 560. The van der Waals surface area contributed by atoms with E-state index in [2.05, 4.69) is 9.98 Å². The van der Waals surface area contributed by atoms with E-state index in [1.54, 1.807) is 29.1 Å². The van der Waals surface area contributed by atoms with Gasteiger partial charge in [0.25, 0.3) is 0 Å². The van der Waals surface area contributed by atoms with Gasteiger partial charge in [-0.05, 0) is 17.5 Å². The van der Waals surface area contributed by atoms with Crippen molar-refractivity contribution in [1.82, 2.24) is 9.55 Å². The van der Waals surface area contributed by atoms with Crippen molar-refractivity contribution in [3.63, 3.8) is 0 Å². The maximum atomic E-state index is 8.50. The van der Waals surface area contributed by atoms with Crippen molar-refractivity contribution in [2.75, 3.05) is 0 Å². The average Bonchev–Trinajstić information content (AvgIpc) is 2.75. The van der Waals surface area contributed by atoms with Crippen LogP contribution in [0.1, 0.15) is 0 Å². The summed E-state index contributed by atoms with van der Waals surface area (Å²) in [5, 5.41) is 10.5. The molecule has 2 rings (SSSR count). The third-order valence-corrected chi connectivity index (χ3v) is 2.81. The number of nitriles is 1. The minimum absolute atomic E-state index is 0.420. The first kappa shape index (κ1) is 9.62. The first-order valence-electron chi connectivity index (χ1n) is 4.31. The average molecular weight is 216 g/mol. The van der Waals surface area contributed by atoms with Crippen molar-refractivity contribution in [3.05, 3.63) is 35.4 Å². The maximum absolute atomic E-state index is 8.50. The fraction of sp³-hybridized carbons (Fsp3) is 0.100. The van der Waals surface area contributed by atoms with Crippen LogP contribution in [0, 0.1) is 11.5 Å². The molecule has 0 N–H and O–H groups in total. The second kappa shape index (κ2) is 4.07. The van der Waals surface area contributed by atoms with Crippen molar-refractivity contribution >= 4 is 11.3 Å². The second-order valence-corrected chi connectivity index (χ2v) is 3.86.